The number of carbonyl (C=O) groups is 2. The maximum Gasteiger partial charge on any atom is 0.338 e. The third kappa shape index (κ3) is 4.60. The summed E-state index contributed by atoms with van der Waals surface area (Å²) in [6.07, 6.45) is 2.18. The van der Waals surface area contributed by atoms with Crippen LogP contribution in [0.4, 0.5) is 5.69 Å². The van der Waals surface area contributed by atoms with Gasteiger partial charge >= 0.3 is 5.97 Å². The minimum atomic E-state index is -0.655. The van der Waals surface area contributed by atoms with Gasteiger partial charge < -0.3 is 19.5 Å². The highest BCUT2D eigenvalue weighted by Crippen LogP contribution is 2.32. The van der Waals surface area contributed by atoms with Gasteiger partial charge in [0.15, 0.2) is 18.1 Å². The van der Waals surface area contributed by atoms with Gasteiger partial charge in [0.1, 0.15) is 5.15 Å². The molecule has 0 radical (unpaired) electrons. The largest absolute Gasteiger partial charge is 0.490 e. The van der Waals surface area contributed by atoms with Crippen LogP contribution in [0.3, 0.4) is 0 Å². The van der Waals surface area contributed by atoms with Gasteiger partial charge in [0.2, 0.25) is 0 Å². The molecule has 1 aliphatic heterocycles. The first-order valence-corrected chi connectivity index (χ1v) is 7.98. The molecule has 0 spiro atoms. The van der Waals surface area contributed by atoms with Gasteiger partial charge in [-0.05, 0) is 24.3 Å². The molecular formula is C17H15ClN2O5. The van der Waals surface area contributed by atoms with Crippen molar-refractivity contribution in [3.8, 4) is 11.5 Å². The zero-order valence-electron chi connectivity index (χ0n) is 13.2. The van der Waals surface area contributed by atoms with Gasteiger partial charge in [-0.15, -0.1) is 0 Å². The molecule has 3 rings (SSSR count). The van der Waals surface area contributed by atoms with Crippen LogP contribution < -0.4 is 14.8 Å². The number of fused-ring (bicyclic) bond motifs is 1. The van der Waals surface area contributed by atoms with Crippen molar-refractivity contribution in [1.82, 2.24) is 4.98 Å². The maximum atomic E-state index is 12.0. The van der Waals surface area contributed by atoms with Crippen LogP contribution in [0.2, 0.25) is 5.15 Å². The molecule has 7 nitrogen and oxygen atoms in total. The van der Waals surface area contributed by atoms with E-state index in [1.165, 1.54) is 18.3 Å². The molecule has 8 heteroatoms. The summed E-state index contributed by atoms with van der Waals surface area (Å²) < 4.78 is 16.0. The Hall–Kier alpha value is -2.80. The molecule has 25 heavy (non-hydrogen) atoms. The minimum absolute atomic E-state index is 0.172. The summed E-state index contributed by atoms with van der Waals surface area (Å²) in [5.74, 6) is 0.0799. The minimum Gasteiger partial charge on any atom is -0.490 e. The molecule has 1 aromatic carbocycles. The molecule has 0 atom stereocenters. The number of pyridine rings is 1. The lowest BCUT2D eigenvalue weighted by atomic mass is 10.2. The van der Waals surface area contributed by atoms with E-state index in [1.54, 1.807) is 18.2 Å². The van der Waals surface area contributed by atoms with Crippen molar-refractivity contribution in [2.75, 3.05) is 25.1 Å². The van der Waals surface area contributed by atoms with Crippen LogP contribution in [-0.2, 0) is 9.53 Å². The van der Waals surface area contributed by atoms with E-state index in [2.05, 4.69) is 10.3 Å². The van der Waals surface area contributed by atoms with E-state index in [0.717, 1.165) is 6.42 Å². The van der Waals surface area contributed by atoms with Gasteiger partial charge in [0.25, 0.3) is 5.91 Å². The highest BCUT2D eigenvalue weighted by atomic mass is 35.5. The van der Waals surface area contributed by atoms with E-state index >= 15 is 0 Å². The average Bonchev–Trinajstić information content (AvgIpc) is 2.84. The Balaban J connectivity index is 1.56. The summed E-state index contributed by atoms with van der Waals surface area (Å²) in [7, 11) is 0. The number of halogens is 1. The molecule has 0 saturated carbocycles. The number of amides is 1. The van der Waals surface area contributed by atoms with E-state index in [9.17, 15) is 9.59 Å². The maximum absolute atomic E-state index is 12.0. The van der Waals surface area contributed by atoms with E-state index in [-0.39, 0.29) is 10.7 Å². The van der Waals surface area contributed by atoms with Crippen LogP contribution in [0.5, 0.6) is 11.5 Å². The SMILES string of the molecule is O=C(COC(=O)c1ccnc(Cl)c1)Nc1ccc2c(c1)OCCCO2. The second kappa shape index (κ2) is 7.85. The molecule has 0 saturated heterocycles. The molecule has 1 amide bonds. The second-order valence-corrected chi connectivity index (χ2v) is 5.59. The van der Waals surface area contributed by atoms with Crippen molar-refractivity contribution in [2.45, 2.75) is 6.42 Å². The fraction of sp³-hybridized carbons (Fsp3) is 0.235. The van der Waals surface area contributed by atoms with Crippen LogP contribution in [0.1, 0.15) is 16.8 Å². The molecule has 2 aromatic rings. The molecule has 0 aliphatic carbocycles. The summed E-state index contributed by atoms with van der Waals surface area (Å²) >= 11 is 5.71. The molecule has 0 bridgehead atoms. The molecule has 1 N–H and O–H groups in total. The number of nitrogens with zero attached hydrogens (tertiary/aromatic N) is 1. The normalized spacial score (nSPS) is 12.8. The summed E-state index contributed by atoms with van der Waals surface area (Å²) in [6.45, 7) is 0.720. The van der Waals surface area contributed by atoms with Crippen molar-refractivity contribution in [3.63, 3.8) is 0 Å². The third-order valence-corrected chi connectivity index (χ3v) is 3.53. The summed E-state index contributed by atoms with van der Waals surface area (Å²) in [6, 6.07) is 7.90. The molecule has 1 aromatic heterocycles. The molecule has 2 heterocycles. The van der Waals surface area contributed by atoms with E-state index in [0.29, 0.717) is 30.4 Å². The summed E-state index contributed by atoms with van der Waals surface area (Å²) in [4.78, 5) is 27.6. The smallest absolute Gasteiger partial charge is 0.338 e. The molecule has 1 aliphatic rings. The van der Waals surface area contributed by atoms with Crippen molar-refractivity contribution in [3.05, 3.63) is 47.2 Å². The molecular weight excluding hydrogens is 348 g/mol. The standard InChI is InChI=1S/C17H15ClN2O5/c18-15-8-11(4-5-19-15)17(22)25-10-16(21)20-12-2-3-13-14(9-12)24-7-1-6-23-13/h2-5,8-9H,1,6-7,10H2,(H,20,21). The van der Waals surface area contributed by atoms with Crippen LogP contribution in [0, 0.1) is 0 Å². The third-order valence-electron chi connectivity index (χ3n) is 3.33. The Bertz CT molecular complexity index is 796. The lowest BCUT2D eigenvalue weighted by Gasteiger charge is -2.10. The Morgan fingerprint density at radius 2 is 1.96 bits per heavy atom. The fourth-order valence-corrected chi connectivity index (χ4v) is 2.36. The van der Waals surface area contributed by atoms with Crippen LogP contribution in [0.25, 0.3) is 0 Å². The van der Waals surface area contributed by atoms with Crippen molar-refractivity contribution in [2.24, 2.45) is 0 Å². The van der Waals surface area contributed by atoms with Gasteiger partial charge in [-0.3, -0.25) is 4.79 Å². The number of hydrogen-bond acceptors (Lipinski definition) is 6. The number of aromatic nitrogens is 1. The zero-order chi connectivity index (χ0) is 17.6. The first-order chi connectivity index (χ1) is 12.1. The van der Waals surface area contributed by atoms with Crippen LogP contribution >= 0.6 is 11.6 Å². The highest BCUT2D eigenvalue weighted by Gasteiger charge is 2.14. The van der Waals surface area contributed by atoms with Crippen molar-refractivity contribution >= 4 is 29.2 Å². The number of rotatable bonds is 4. The first kappa shape index (κ1) is 17.0. The number of benzene rings is 1. The van der Waals surface area contributed by atoms with Gasteiger partial charge in [-0.1, -0.05) is 11.6 Å². The Kier molecular flexibility index (Phi) is 5.35. The van der Waals surface area contributed by atoms with Gasteiger partial charge in [-0.2, -0.15) is 0 Å². The lowest BCUT2D eigenvalue weighted by Crippen LogP contribution is -2.21. The van der Waals surface area contributed by atoms with E-state index < -0.39 is 18.5 Å². The topological polar surface area (TPSA) is 86.8 Å². The monoisotopic (exact) mass is 362 g/mol. The molecule has 0 unspecified atom stereocenters. The molecule has 0 fully saturated rings. The number of esters is 1. The summed E-state index contributed by atoms with van der Waals surface area (Å²) in [5, 5.41) is 2.81. The number of nitrogens with one attached hydrogen (secondary N) is 1. The molecule has 130 valence electrons. The van der Waals surface area contributed by atoms with Crippen LogP contribution in [0.15, 0.2) is 36.5 Å². The van der Waals surface area contributed by atoms with Gasteiger partial charge in [-0.25, -0.2) is 9.78 Å². The number of anilines is 1. The van der Waals surface area contributed by atoms with Crippen molar-refractivity contribution < 1.29 is 23.8 Å². The fourth-order valence-electron chi connectivity index (χ4n) is 2.18. The summed E-state index contributed by atoms with van der Waals surface area (Å²) in [5.41, 5.74) is 0.751. The second-order valence-electron chi connectivity index (χ2n) is 5.20. The zero-order valence-corrected chi connectivity index (χ0v) is 13.9. The van der Waals surface area contributed by atoms with E-state index in [4.69, 9.17) is 25.8 Å². The Morgan fingerprint density at radius 1 is 1.16 bits per heavy atom. The number of hydrogen-bond donors (Lipinski definition) is 1. The average molecular weight is 363 g/mol. The Morgan fingerprint density at radius 3 is 2.76 bits per heavy atom. The quantitative estimate of drug-likeness (QED) is 0.664. The van der Waals surface area contributed by atoms with Crippen molar-refractivity contribution in [1.29, 1.82) is 0 Å². The van der Waals surface area contributed by atoms with E-state index in [1.807, 2.05) is 0 Å². The first-order valence-electron chi connectivity index (χ1n) is 7.60. The number of ether oxygens (including phenoxy) is 3. The van der Waals surface area contributed by atoms with Gasteiger partial charge in [0.05, 0.1) is 18.8 Å². The number of carbonyl (C=O) groups excluding carboxylic acids is 2. The Labute approximate surface area is 148 Å². The predicted molar refractivity (Wildman–Crippen MR) is 90.2 cm³/mol. The van der Waals surface area contributed by atoms with Crippen LogP contribution in [-0.4, -0.2) is 36.7 Å². The lowest BCUT2D eigenvalue weighted by molar-refractivity contribution is -0.119. The predicted octanol–water partition coefficient (Wildman–Crippen LogP) is 2.69. The highest BCUT2D eigenvalue weighted by molar-refractivity contribution is 6.29. The van der Waals surface area contributed by atoms with Gasteiger partial charge in [0, 0.05) is 24.4 Å².